The Bertz CT molecular complexity index is 447. The van der Waals surface area contributed by atoms with Gasteiger partial charge in [-0.25, -0.2) is 0 Å². The van der Waals surface area contributed by atoms with Crippen molar-refractivity contribution in [3.8, 4) is 0 Å². The third kappa shape index (κ3) is 3.17. The molecule has 0 heterocycles. The molecular formula is C14H17NO2. The zero-order valence-electron chi connectivity index (χ0n) is 9.94. The number of benzene rings is 1. The van der Waals surface area contributed by atoms with Gasteiger partial charge in [-0.2, -0.15) is 0 Å². The number of hydrogen-bond donors (Lipinski definition) is 2. The van der Waals surface area contributed by atoms with Crippen molar-refractivity contribution in [2.75, 3.05) is 6.61 Å². The molecule has 1 amide bonds. The van der Waals surface area contributed by atoms with E-state index in [4.69, 9.17) is 5.11 Å². The second kappa shape index (κ2) is 4.72. The van der Waals surface area contributed by atoms with E-state index in [1.807, 2.05) is 31.2 Å². The maximum Gasteiger partial charge on any atom is 0.244 e. The Labute approximate surface area is 101 Å². The van der Waals surface area contributed by atoms with Gasteiger partial charge in [0.1, 0.15) is 0 Å². The van der Waals surface area contributed by atoms with Gasteiger partial charge in [-0.3, -0.25) is 4.79 Å². The Morgan fingerprint density at radius 1 is 1.53 bits per heavy atom. The maximum absolute atomic E-state index is 11.6. The summed E-state index contributed by atoms with van der Waals surface area (Å²) in [5.41, 5.74) is 1.84. The van der Waals surface area contributed by atoms with Crippen LogP contribution in [0.2, 0.25) is 0 Å². The Kier molecular flexibility index (Phi) is 3.29. The van der Waals surface area contributed by atoms with Gasteiger partial charge in [0.2, 0.25) is 5.91 Å². The van der Waals surface area contributed by atoms with E-state index < -0.39 is 0 Å². The predicted octanol–water partition coefficient (Wildman–Crippen LogP) is 1.65. The van der Waals surface area contributed by atoms with E-state index in [1.165, 1.54) is 11.6 Å². The fourth-order valence-corrected chi connectivity index (χ4v) is 1.72. The van der Waals surface area contributed by atoms with Gasteiger partial charge in [0.25, 0.3) is 0 Å². The summed E-state index contributed by atoms with van der Waals surface area (Å²) in [4.78, 5) is 11.6. The van der Waals surface area contributed by atoms with Crippen molar-refractivity contribution < 1.29 is 9.90 Å². The topological polar surface area (TPSA) is 49.3 Å². The van der Waals surface area contributed by atoms with E-state index in [-0.39, 0.29) is 18.1 Å². The van der Waals surface area contributed by atoms with E-state index in [0.717, 1.165) is 18.4 Å². The van der Waals surface area contributed by atoms with Crippen LogP contribution in [0.4, 0.5) is 0 Å². The first-order valence-corrected chi connectivity index (χ1v) is 5.81. The van der Waals surface area contributed by atoms with Crippen LogP contribution in [-0.2, 0) is 4.79 Å². The molecule has 0 saturated heterocycles. The van der Waals surface area contributed by atoms with Crippen molar-refractivity contribution in [1.29, 1.82) is 0 Å². The number of aliphatic hydroxyl groups excluding tert-OH is 1. The van der Waals surface area contributed by atoms with Crippen LogP contribution in [0.1, 0.15) is 24.0 Å². The Morgan fingerprint density at radius 3 is 2.88 bits per heavy atom. The maximum atomic E-state index is 11.6. The van der Waals surface area contributed by atoms with Crippen LogP contribution < -0.4 is 5.32 Å². The monoisotopic (exact) mass is 231 g/mol. The lowest BCUT2D eigenvalue weighted by atomic mass is 10.1. The average Bonchev–Trinajstić information content (AvgIpc) is 3.07. The van der Waals surface area contributed by atoms with Crippen LogP contribution in [0.3, 0.4) is 0 Å². The molecule has 0 radical (unpaired) electrons. The van der Waals surface area contributed by atoms with Crippen molar-refractivity contribution in [3.05, 3.63) is 41.5 Å². The van der Waals surface area contributed by atoms with Crippen molar-refractivity contribution in [2.24, 2.45) is 0 Å². The molecule has 1 aromatic rings. The molecule has 0 aliphatic heterocycles. The summed E-state index contributed by atoms with van der Waals surface area (Å²) in [6.07, 6.45) is 5.04. The van der Waals surface area contributed by atoms with Crippen molar-refractivity contribution in [1.82, 2.24) is 5.32 Å². The van der Waals surface area contributed by atoms with Crippen molar-refractivity contribution >= 4 is 12.0 Å². The smallest absolute Gasteiger partial charge is 0.244 e. The first-order valence-electron chi connectivity index (χ1n) is 5.81. The van der Waals surface area contributed by atoms with E-state index >= 15 is 0 Å². The molecule has 0 spiro atoms. The van der Waals surface area contributed by atoms with Crippen molar-refractivity contribution in [2.45, 2.75) is 25.3 Å². The standard InChI is InChI=1S/C14H17NO2/c1-11-3-2-4-12(9-11)5-6-13(17)15-14(10-16)7-8-14/h2-6,9,16H,7-8,10H2,1H3,(H,15,17)/b6-5+. The van der Waals surface area contributed by atoms with E-state index in [1.54, 1.807) is 6.08 Å². The highest BCUT2D eigenvalue weighted by atomic mass is 16.3. The summed E-state index contributed by atoms with van der Waals surface area (Å²) in [7, 11) is 0. The SMILES string of the molecule is Cc1cccc(/C=C/C(=O)NC2(CO)CC2)c1. The molecule has 90 valence electrons. The Balaban J connectivity index is 1.94. The predicted molar refractivity (Wildman–Crippen MR) is 67.4 cm³/mol. The number of hydrogen-bond acceptors (Lipinski definition) is 2. The summed E-state index contributed by atoms with van der Waals surface area (Å²) in [6, 6.07) is 7.95. The van der Waals surface area contributed by atoms with E-state index in [0.29, 0.717) is 0 Å². The summed E-state index contributed by atoms with van der Waals surface area (Å²) < 4.78 is 0. The average molecular weight is 231 g/mol. The summed E-state index contributed by atoms with van der Waals surface area (Å²) in [5.74, 6) is -0.141. The zero-order valence-corrected chi connectivity index (χ0v) is 9.94. The van der Waals surface area contributed by atoms with Crippen LogP contribution in [0.15, 0.2) is 30.3 Å². The Morgan fingerprint density at radius 2 is 2.29 bits per heavy atom. The number of amides is 1. The Hall–Kier alpha value is -1.61. The molecule has 0 aromatic heterocycles. The zero-order chi connectivity index (χ0) is 12.3. The molecule has 2 rings (SSSR count). The third-order valence-electron chi connectivity index (χ3n) is 3.01. The number of aliphatic hydroxyl groups is 1. The lowest BCUT2D eigenvalue weighted by Gasteiger charge is -2.11. The van der Waals surface area contributed by atoms with E-state index in [9.17, 15) is 4.79 Å². The molecule has 1 aliphatic rings. The lowest BCUT2D eigenvalue weighted by Crippen LogP contribution is -2.38. The van der Waals surface area contributed by atoms with Crippen LogP contribution in [0, 0.1) is 6.92 Å². The highest BCUT2D eigenvalue weighted by molar-refractivity contribution is 5.92. The van der Waals surface area contributed by atoms with Crippen molar-refractivity contribution in [3.63, 3.8) is 0 Å². The number of rotatable bonds is 4. The first kappa shape index (κ1) is 11.9. The summed E-state index contributed by atoms with van der Waals surface area (Å²) >= 11 is 0. The van der Waals surface area contributed by atoms with Gasteiger partial charge >= 0.3 is 0 Å². The molecule has 1 aliphatic carbocycles. The van der Waals surface area contributed by atoms with E-state index in [2.05, 4.69) is 5.32 Å². The molecule has 0 unspecified atom stereocenters. The highest BCUT2D eigenvalue weighted by Gasteiger charge is 2.42. The first-order chi connectivity index (χ1) is 8.13. The normalized spacial score (nSPS) is 17.1. The van der Waals surface area contributed by atoms with Gasteiger partial charge in [-0.15, -0.1) is 0 Å². The second-order valence-corrected chi connectivity index (χ2v) is 4.68. The fourth-order valence-electron chi connectivity index (χ4n) is 1.72. The quantitative estimate of drug-likeness (QED) is 0.774. The van der Waals surface area contributed by atoms with Crippen LogP contribution in [0.25, 0.3) is 6.08 Å². The molecule has 1 fully saturated rings. The molecule has 0 atom stereocenters. The molecule has 1 aromatic carbocycles. The number of nitrogens with one attached hydrogen (secondary N) is 1. The molecule has 17 heavy (non-hydrogen) atoms. The fraction of sp³-hybridized carbons (Fsp3) is 0.357. The minimum Gasteiger partial charge on any atom is -0.394 e. The van der Waals surface area contributed by atoms with Gasteiger partial charge in [-0.05, 0) is 31.4 Å². The largest absolute Gasteiger partial charge is 0.394 e. The molecule has 3 nitrogen and oxygen atoms in total. The molecule has 3 heteroatoms. The second-order valence-electron chi connectivity index (χ2n) is 4.68. The van der Waals surface area contributed by atoms with Gasteiger partial charge in [0, 0.05) is 6.08 Å². The van der Waals surface area contributed by atoms with Gasteiger partial charge in [-0.1, -0.05) is 29.8 Å². The van der Waals surface area contributed by atoms with Gasteiger partial charge < -0.3 is 10.4 Å². The molecule has 0 bridgehead atoms. The summed E-state index contributed by atoms with van der Waals surface area (Å²) in [5, 5.41) is 11.9. The van der Waals surface area contributed by atoms with Crippen LogP contribution in [0.5, 0.6) is 0 Å². The van der Waals surface area contributed by atoms with Crippen LogP contribution >= 0.6 is 0 Å². The molecular weight excluding hydrogens is 214 g/mol. The van der Waals surface area contributed by atoms with Gasteiger partial charge in [0.15, 0.2) is 0 Å². The minimum atomic E-state index is -0.339. The lowest BCUT2D eigenvalue weighted by molar-refractivity contribution is -0.117. The highest BCUT2D eigenvalue weighted by Crippen LogP contribution is 2.34. The number of aryl methyl sites for hydroxylation is 1. The third-order valence-corrected chi connectivity index (χ3v) is 3.01. The minimum absolute atomic E-state index is 0.0248. The van der Waals surface area contributed by atoms with Crippen LogP contribution in [-0.4, -0.2) is 23.2 Å². The molecule has 1 saturated carbocycles. The number of carbonyl (C=O) groups is 1. The van der Waals surface area contributed by atoms with Gasteiger partial charge in [0.05, 0.1) is 12.1 Å². The number of carbonyl (C=O) groups excluding carboxylic acids is 1. The molecule has 2 N–H and O–H groups in total. The summed E-state index contributed by atoms with van der Waals surface area (Å²) in [6.45, 7) is 2.04.